The summed E-state index contributed by atoms with van der Waals surface area (Å²) in [6, 6.07) is 15.2. The molecule has 4 rings (SSSR count). The minimum atomic E-state index is -3.61. The van der Waals surface area contributed by atoms with E-state index >= 15 is 0 Å². The molecule has 1 aliphatic carbocycles. The number of Topliss-reactive ketones (excluding diaryl/α,β-unsaturated/α-hetero) is 1. The Balaban J connectivity index is 1.52. The van der Waals surface area contributed by atoms with Crippen LogP contribution in [0.15, 0.2) is 59.5 Å². The first-order valence-corrected chi connectivity index (χ1v) is 13.0. The molecule has 1 fully saturated rings. The van der Waals surface area contributed by atoms with Gasteiger partial charge < -0.3 is 0 Å². The molecule has 0 spiro atoms. The fraction of sp³-hybridized carbons (Fsp3) is 0.292. The van der Waals surface area contributed by atoms with Crippen molar-refractivity contribution in [2.45, 2.75) is 43.5 Å². The molecule has 0 bridgehead atoms. The van der Waals surface area contributed by atoms with E-state index in [1.165, 1.54) is 35.5 Å². The SMILES string of the molecule is CC(=O)c1sc(NC(=O)c2ccc(S(=O)(=O)N(C)C3CCCC3)cc2)nc1-c1ccccc1. The third-order valence-electron chi connectivity index (χ3n) is 5.85. The molecular formula is C24H25N3O4S2. The van der Waals surface area contributed by atoms with Gasteiger partial charge in [-0.15, -0.1) is 0 Å². The number of thiazole rings is 1. The Bertz CT molecular complexity index is 1260. The van der Waals surface area contributed by atoms with Crippen molar-refractivity contribution in [1.82, 2.24) is 9.29 Å². The zero-order chi connectivity index (χ0) is 23.6. The quantitative estimate of drug-likeness (QED) is 0.486. The highest BCUT2D eigenvalue weighted by Crippen LogP contribution is 2.32. The number of benzene rings is 2. The molecule has 0 atom stereocenters. The monoisotopic (exact) mass is 483 g/mol. The van der Waals surface area contributed by atoms with Crippen LogP contribution in [0.2, 0.25) is 0 Å². The maximum Gasteiger partial charge on any atom is 0.257 e. The molecule has 0 saturated heterocycles. The summed E-state index contributed by atoms with van der Waals surface area (Å²) < 4.78 is 27.3. The van der Waals surface area contributed by atoms with Crippen LogP contribution in [-0.2, 0) is 10.0 Å². The van der Waals surface area contributed by atoms with Crippen LogP contribution in [0.25, 0.3) is 11.3 Å². The molecule has 0 unspecified atom stereocenters. The van der Waals surface area contributed by atoms with Crippen molar-refractivity contribution < 1.29 is 18.0 Å². The van der Waals surface area contributed by atoms with Gasteiger partial charge in [0.2, 0.25) is 10.0 Å². The average molecular weight is 484 g/mol. The summed E-state index contributed by atoms with van der Waals surface area (Å²) in [5.74, 6) is -0.556. The number of carbonyl (C=O) groups excluding carboxylic acids is 2. The standard InChI is InChI=1S/C24H25N3O4S2/c1-16(28)22-21(17-8-4-3-5-9-17)25-24(32-22)26-23(29)18-12-14-20(15-13-18)33(30,31)27(2)19-10-6-7-11-19/h3-5,8-9,12-15,19H,6-7,10-11H2,1-2H3,(H,25,26,29). The maximum atomic E-state index is 12.9. The zero-order valence-electron chi connectivity index (χ0n) is 18.4. The predicted molar refractivity (Wildman–Crippen MR) is 129 cm³/mol. The van der Waals surface area contributed by atoms with E-state index in [4.69, 9.17) is 0 Å². The molecule has 172 valence electrons. The number of rotatable bonds is 7. The van der Waals surface area contributed by atoms with Crippen molar-refractivity contribution in [3.05, 3.63) is 65.0 Å². The number of hydrogen-bond donors (Lipinski definition) is 1. The molecule has 9 heteroatoms. The Kier molecular flexibility index (Phi) is 6.73. The van der Waals surface area contributed by atoms with E-state index in [9.17, 15) is 18.0 Å². The lowest BCUT2D eigenvalue weighted by molar-refractivity contribution is 0.101. The van der Waals surface area contributed by atoms with Gasteiger partial charge in [-0.3, -0.25) is 14.9 Å². The van der Waals surface area contributed by atoms with Gasteiger partial charge in [-0.25, -0.2) is 13.4 Å². The molecular weight excluding hydrogens is 458 g/mol. The van der Waals surface area contributed by atoms with E-state index in [0.29, 0.717) is 21.3 Å². The van der Waals surface area contributed by atoms with Gasteiger partial charge in [-0.2, -0.15) is 4.31 Å². The Morgan fingerprint density at radius 2 is 1.67 bits per heavy atom. The number of anilines is 1. The summed E-state index contributed by atoms with van der Waals surface area (Å²) in [4.78, 5) is 29.9. The molecule has 0 aliphatic heterocycles. The molecule has 1 heterocycles. The van der Waals surface area contributed by atoms with Crippen LogP contribution >= 0.6 is 11.3 Å². The normalized spacial score (nSPS) is 14.5. The first-order chi connectivity index (χ1) is 15.8. The average Bonchev–Trinajstić information content (AvgIpc) is 3.50. The number of hydrogen-bond acceptors (Lipinski definition) is 6. The summed E-state index contributed by atoms with van der Waals surface area (Å²) in [5.41, 5.74) is 1.62. The van der Waals surface area contributed by atoms with Gasteiger partial charge in [0, 0.05) is 31.1 Å². The third kappa shape index (κ3) is 4.90. The molecule has 1 aliphatic rings. The Morgan fingerprint density at radius 3 is 2.27 bits per heavy atom. The van der Waals surface area contributed by atoms with E-state index in [-0.39, 0.29) is 16.7 Å². The van der Waals surface area contributed by atoms with Gasteiger partial charge in [-0.05, 0) is 37.1 Å². The Hall–Kier alpha value is -2.88. The highest BCUT2D eigenvalue weighted by Gasteiger charge is 2.30. The second-order valence-corrected chi connectivity index (χ2v) is 11.1. The number of ketones is 1. The van der Waals surface area contributed by atoms with E-state index in [2.05, 4.69) is 10.3 Å². The number of carbonyl (C=O) groups is 2. The third-order valence-corrected chi connectivity index (χ3v) is 8.84. The van der Waals surface area contributed by atoms with Gasteiger partial charge in [0.15, 0.2) is 10.9 Å². The number of amides is 1. The van der Waals surface area contributed by atoms with Crippen LogP contribution in [0.3, 0.4) is 0 Å². The summed E-state index contributed by atoms with van der Waals surface area (Å²) in [6.07, 6.45) is 3.82. The lowest BCUT2D eigenvalue weighted by atomic mass is 10.1. The summed E-state index contributed by atoms with van der Waals surface area (Å²) in [5, 5.41) is 3.03. The molecule has 1 aromatic heterocycles. The van der Waals surface area contributed by atoms with E-state index in [1.54, 1.807) is 7.05 Å². The van der Waals surface area contributed by atoms with E-state index in [0.717, 1.165) is 42.6 Å². The molecule has 3 aromatic rings. The predicted octanol–water partition coefficient (Wildman–Crippen LogP) is 4.83. The van der Waals surface area contributed by atoms with Crippen molar-refractivity contribution in [1.29, 1.82) is 0 Å². The van der Waals surface area contributed by atoms with Crippen LogP contribution in [0.1, 0.15) is 52.6 Å². The van der Waals surface area contributed by atoms with Crippen LogP contribution in [0.4, 0.5) is 5.13 Å². The topological polar surface area (TPSA) is 96.4 Å². The summed E-state index contributed by atoms with van der Waals surface area (Å²) >= 11 is 1.12. The smallest absolute Gasteiger partial charge is 0.257 e. The number of nitrogens with zero attached hydrogens (tertiary/aromatic N) is 2. The molecule has 1 amide bonds. The Labute approximate surface area is 197 Å². The number of aromatic nitrogens is 1. The molecule has 7 nitrogen and oxygen atoms in total. The van der Waals surface area contributed by atoms with Crippen LogP contribution in [0.5, 0.6) is 0 Å². The molecule has 2 aromatic carbocycles. The zero-order valence-corrected chi connectivity index (χ0v) is 20.1. The minimum Gasteiger partial charge on any atom is -0.298 e. The van der Waals surface area contributed by atoms with E-state index in [1.807, 2.05) is 30.3 Å². The number of nitrogens with one attached hydrogen (secondary N) is 1. The first-order valence-electron chi connectivity index (χ1n) is 10.7. The first kappa shape index (κ1) is 23.3. The van der Waals surface area contributed by atoms with Gasteiger partial charge in [0.25, 0.3) is 5.91 Å². The second-order valence-electron chi connectivity index (χ2n) is 8.06. The van der Waals surface area contributed by atoms with Gasteiger partial charge >= 0.3 is 0 Å². The fourth-order valence-electron chi connectivity index (χ4n) is 3.98. The van der Waals surface area contributed by atoms with Gasteiger partial charge in [-0.1, -0.05) is 54.5 Å². The van der Waals surface area contributed by atoms with Crippen molar-refractivity contribution in [2.24, 2.45) is 0 Å². The van der Waals surface area contributed by atoms with Crippen molar-refractivity contribution >= 4 is 38.2 Å². The summed E-state index contributed by atoms with van der Waals surface area (Å²) in [6.45, 7) is 1.47. The number of sulfonamides is 1. The fourth-order valence-corrected chi connectivity index (χ4v) is 6.28. The van der Waals surface area contributed by atoms with Crippen molar-refractivity contribution in [2.75, 3.05) is 12.4 Å². The van der Waals surface area contributed by atoms with Crippen molar-refractivity contribution in [3.63, 3.8) is 0 Å². The van der Waals surface area contributed by atoms with Gasteiger partial charge in [0.1, 0.15) is 0 Å². The van der Waals surface area contributed by atoms with Crippen molar-refractivity contribution in [3.8, 4) is 11.3 Å². The van der Waals surface area contributed by atoms with Crippen LogP contribution in [-0.4, -0.2) is 42.5 Å². The summed E-state index contributed by atoms with van der Waals surface area (Å²) in [7, 11) is -2.00. The second kappa shape index (κ2) is 9.54. The lowest BCUT2D eigenvalue weighted by Crippen LogP contribution is -2.35. The molecule has 33 heavy (non-hydrogen) atoms. The molecule has 0 radical (unpaired) electrons. The maximum absolute atomic E-state index is 12.9. The van der Waals surface area contributed by atoms with Gasteiger partial charge in [0.05, 0.1) is 15.5 Å². The van der Waals surface area contributed by atoms with Crippen LogP contribution < -0.4 is 5.32 Å². The molecule has 1 N–H and O–H groups in total. The largest absolute Gasteiger partial charge is 0.298 e. The highest BCUT2D eigenvalue weighted by atomic mass is 32.2. The molecule has 1 saturated carbocycles. The lowest BCUT2D eigenvalue weighted by Gasteiger charge is -2.23. The van der Waals surface area contributed by atoms with Crippen LogP contribution in [0, 0.1) is 0 Å². The Morgan fingerprint density at radius 1 is 1.03 bits per heavy atom. The highest BCUT2D eigenvalue weighted by molar-refractivity contribution is 7.89. The van der Waals surface area contributed by atoms with E-state index < -0.39 is 15.9 Å². The minimum absolute atomic E-state index is 0.0251.